The molecule has 0 aromatic rings. The van der Waals surface area contributed by atoms with Gasteiger partial charge in [0.25, 0.3) is 0 Å². The first-order valence-corrected chi connectivity index (χ1v) is 2.10. The minimum absolute atomic E-state index is 0. The van der Waals surface area contributed by atoms with E-state index in [0.717, 1.165) is 0 Å². The maximum atomic E-state index is 8.74. The van der Waals surface area contributed by atoms with Crippen LogP contribution in [0.3, 0.4) is 0 Å². The summed E-state index contributed by atoms with van der Waals surface area (Å²) in [7, 11) is -4.67. The van der Waals surface area contributed by atoms with Crippen LogP contribution in [0.25, 0.3) is 0 Å². The van der Waals surface area contributed by atoms with Crippen molar-refractivity contribution in [2.24, 2.45) is 0 Å². The van der Waals surface area contributed by atoms with Crippen molar-refractivity contribution in [1.82, 2.24) is 0 Å². The van der Waals surface area contributed by atoms with Crippen LogP contribution in [-0.2, 0) is 10.4 Å². The molecule has 0 radical (unpaired) electrons. The van der Waals surface area contributed by atoms with Gasteiger partial charge in [0.05, 0.1) is 0 Å². The molecule has 0 amide bonds. The van der Waals surface area contributed by atoms with Gasteiger partial charge in [-0.3, -0.25) is 9.11 Å². The molecule has 0 unspecified atom stereocenters. The molecule has 0 aromatic carbocycles. The van der Waals surface area contributed by atoms with E-state index >= 15 is 0 Å². The molecule has 7 heavy (non-hydrogen) atoms. The standard InChI is InChI=1S/C.Na.H2O4S/c;;1-5(2,3)4/h;;(H2,1,2,3,4)/q+4;+1;. The molecule has 0 rings (SSSR count). The van der Waals surface area contributed by atoms with Crippen LogP contribution in [0.2, 0.25) is 0 Å². The molecular weight excluding hydrogens is 131 g/mol. The van der Waals surface area contributed by atoms with E-state index in [2.05, 4.69) is 0 Å². The van der Waals surface area contributed by atoms with E-state index in [1.807, 2.05) is 0 Å². The second-order valence-electron chi connectivity index (χ2n) is 0.448. The monoisotopic (exact) mass is 133 g/mol. The van der Waals surface area contributed by atoms with Crippen LogP contribution in [0.1, 0.15) is 0 Å². The molecule has 0 fully saturated rings. The Morgan fingerprint density at radius 3 is 1.14 bits per heavy atom. The Balaban J connectivity index is -0.0000000800. The Bertz CT molecular complexity index is 94.9. The Hall–Kier alpha value is 0.870. The summed E-state index contributed by atoms with van der Waals surface area (Å²) >= 11 is 0. The van der Waals surface area contributed by atoms with E-state index in [1.165, 1.54) is 0 Å². The number of hydrogen-bond acceptors (Lipinski definition) is 2. The van der Waals surface area contributed by atoms with Crippen molar-refractivity contribution in [2.75, 3.05) is 0 Å². The average molecular weight is 133 g/mol. The zero-order valence-corrected chi connectivity index (χ0v) is 6.44. The van der Waals surface area contributed by atoms with E-state index in [9.17, 15) is 0 Å². The summed E-state index contributed by atoms with van der Waals surface area (Å²) in [6.07, 6.45) is 0. The van der Waals surface area contributed by atoms with Crippen LogP contribution < -0.4 is 29.6 Å². The SMILES string of the molecule is O=S(=O)(O)O.[C+4].[Na+]. The third kappa shape index (κ3) is 215. The van der Waals surface area contributed by atoms with Crippen molar-refractivity contribution < 1.29 is 47.1 Å². The van der Waals surface area contributed by atoms with Crippen molar-refractivity contribution in [3.05, 3.63) is 7.43 Å². The molecule has 0 heterocycles. The fraction of sp³-hybridized carbons (Fsp3) is 0. The summed E-state index contributed by atoms with van der Waals surface area (Å²) in [5.74, 6) is 0. The van der Waals surface area contributed by atoms with Gasteiger partial charge in [-0.05, 0) is 0 Å². The first-order valence-electron chi connectivity index (χ1n) is 0.698. The molecule has 0 bridgehead atoms. The average Bonchev–Trinajstić information content (AvgIpc) is 0.722. The van der Waals surface area contributed by atoms with Crippen LogP contribution in [0.5, 0.6) is 0 Å². The summed E-state index contributed by atoms with van der Waals surface area (Å²) in [6.45, 7) is 0. The van der Waals surface area contributed by atoms with Gasteiger partial charge in [0.2, 0.25) is 0 Å². The van der Waals surface area contributed by atoms with Crippen LogP contribution in [0.15, 0.2) is 0 Å². The third-order valence-electron chi connectivity index (χ3n) is 0. The largest absolute Gasteiger partial charge is 4.00 e. The molecule has 0 saturated heterocycles. The van der Waals surface area contributed by atoms with E-state index in [-0.39, 0.29) is 37.0 Å². The van der Waals surface area contributed by atoms with Crippen LogP contribution in [0.4, 0.5) is 0 Å². The van der Waals surface area contributed by atoms with Crippen LogP contribution >= 0.6 is 0 Å². The van der Waals surface area contributed by atoms with Crippen LogP contribution in [-0.4, -0.2) is 17.5 Å². The first-order chi connectivity index (χ1) is 2.00. The zero-order valence-electron chi connectivity index (χ0n) is 3.62. The van der Waals surface area contributed by atoms with Gasteiger partial charge >= 0.3 is 47.4 Å². The fourth-order valence-corrected chi connectivity index (χ4v) is 0. The van der Waals surface area contributed by atoms with Gasteiger partial charge < -0.3 is 0 Å². The predicted molar refractivity (Wildman–Crippen MR) is 17.4 cm³/mol. The molecular formula is CH2NaO4S+5. The fourth-order valence-electron chi connectivity index (χ4n) is 0. The topological polar surface area (TPSA) is 74.6 Å². The van der Waals surface area contributed by atoms with E-state index in [4.69, 9.17) is 17.5 Å². The molecule has 0 spiro atoms. The van der Waals surface area contributed by atoms with Crippen molar-refractivity contribution in [3.8, 4) is 0 Å². The smallest absolute Gasteiger partial charge is 0.264 e. The van der Waals surface area contributed by atoms with Crippen molar-refractivity contribution >= 4 is 10.4 Å². The van der Waals surface area contributed by atoms with Gasteiger partial charge in [0.15, 0.2) is 0 Å². The number of rotatable bonds is 0. The van der Waals surface area contributed by atoms with Crippen molar-refractivity contribution in [1.29, 1.82) is 0 Å². The maximum absolute atomic E-state index is 8.74. The predicted octanol–water partition coefficient (Wildman–Crippen LogP) is -3.57. The van der Waals surface area contributed by atoms with Gasteiger partial charge in [-0.15, -0.1) is 0 Å². The van der Waals surface area contributed by atoms with Gasteiger partial charge in [-0.25, -0.2) is 0 Å². The summed E-state index contributed by atoms with van der Waals surface area (Å²) in [5.41, 5.74) is 0. The summed E-state index contributed by atoms with van der Waals surface area (Å²) in [4.78, 5) is 0. The normalized spacial score (nSPS) is 8.29. The molecule has 0 aliphatic heterocycles. The van der Waals surface area contributed by atoms with Crippen LogP contribution in [0, 0.1) is 7.43 Å². The molecule has 2 N–H and O–H groups in total. The first kappa shape index (κ1) is 15.7. The van der Waals surface area contributed by atoms with Gasteiger partial charge in [-0.2, -0.15) is 8.42 Å². The Morgan fingerprint density at radius 1 is 1.14 bits per heavy atom. The molecule has 0 atom stereocenters. The van der Waals surface area contributed by atoms with Gasteiger partial charge in [0.1, 0.15) is 0 Å². The zero-order chi connectivity index (χ0) is 4.50. The molecule has 32 valence electrons. The summed E-state index contributed by atoms with van der Waals surface area (Å²) in [5, 5.41) is 0. The number of hydrogen-bond donors (Lipinski definition) is 2. The van der Waals surface area contributed by atoms with E-state index in [0.29, 0.717) is 0 Å². The van der Waals surface area contributed by atoms with Gasteiger partial charge in [-0.1, -0.05) is 0 Å². The molecule has 0 aromatic heterocycles. The molecule has 0 aliphatic rings. The second kappa shape index (κ2) is 5.02. The molecule has 0 saturated carbocycles. The van der Waals surface area contributed by atoms with Crippen molar-refractivity contribution in [3.63, 3.8) is 0 Å². The maximum Gasteiger partial charge on any atom is 4.00 e. The van der Waals surface area contributed by atoms with E-state index in [1.54, 1.807) is 0 Å². The quantitative estimate of drug-likeness (QED) is 0.265. The second-order valence-corrected chi connectivity index (χ2v) is 1.34. The molecule has 0 aliphatic carbocycles. The van der Waals surface area contributed by atoms with Crippen molar-refractivity contribution in [2.45, 2.75) is 0 Å². The Labute approximate surface area is 64.8 Å². The third-order valence-corrected chi connectivity index (χ3v) is 0. The minimum atomic E-state index is -4.67. The Morgan fingerprint density at radius 2 is 1.14 bits per heavy atom. The minimum Gasteiger partial charge on any atom is -0.264 e. The summed E-state index contributed by atoms with van der Waals surface area (Å²) in [6, 6.07) is 0. The Kier molecular flexibility index (Phi) is 11.2. The van der Waals surface area contributed by atoms with Gasteiger partial charge in [0, 0.05) is 0 Å². The van der Waals surface area contributed by atoms with E-state index < -0.39 is 10.4 Å². The molecule has 6 heteroatoms. The summed E-state index contributed by atoms with van der Waals surface area (Å²) < 4.78 is 31.6. The molecule has 4 nitrogen and oxygen atoms in total.